The normalized spacial score (nSPS) is 20.4. The van der Waals surface area contributed by atoms with Crippen molar-refractivity contribution >= 4 is 11.8 Å². The molecule has 2 aliphatic rings. The third-order valence-corrected chi connectivity index (χ3v) is 6.09. The van der Waals surface area contributed by atoms with Crippen molar-refractivity contribution in [2.24, 2.45) is 11.8 Å². The van der Waals surface area contributed by atoms with Gasteiger partial charge in [-0.3, -0.25) is 9.59 Å². The first kappa shape index (κ1) is 19.9. The van der Waals surface area contributed by atoms with Crippen molar-refractivity contribution in [3.8, 4) is 0 Å². The molecule has 148 valence electrons. The zero-order valence-electron chi connectivity index (χ0n) is 17.1. The molecule has 0 aliphatic carbocycles. The van der Waals surface area contributed by atoms with Crippen LogP contribution < -0.4 is 5.32 Å². The predicted octanol–water partition coefficient (Wildman–Crippen LogP) is 2.79. The van der Waals surface area contributed by atoms with E-state index in [0.29, 0.717) is 19.0 Å². The lowest BCUT2D eigenvalue weighted by molar-refractivity contribution is -0.147. The van der Waals surface area contributed by atoms with E-state index in [2.05, 4.69) is 55.4 Å². The number of piperidine rings is 1. The number of nitrogens with one attached hydrogen (secondary N) is 1. The summed E-state index contributed by atoms with van der Waals surface area (Å²) >= 11 is 0. The Morgan fingerprint density at radius 1 is 0.963 bits per heavy atom. The zero-order valence-corrected chi connectivity index (χ0v) is 17.1. The number of nitrogens with zero attached hydrogens (tertiary/aromatic N) is 2. The minimum absolute atomic E-state index is 0.0163. The summed E-state index contributed by atoms with van der Waals surface area (Å²) in [7, 11) is 2.10. The summed E-state index contributed by atoms with van der Waals surface area (Å²) in [6.45, 7) is 9.47. The Hall–Kier alpha value is -1.88. The highest BCUT2D eigenvalue weighted by Crippen LogP contribution is 2.25. The molecule has 1 atom stereocenters. The van der Waals surface area contributed by atoms with Gasteiger partial charge in [-0.25, -0.2) is 0 Å². The topological polar surface area (TPSA) is 52.7 Å². The Labute approximate surface area is 163 Å². The molecule has 1 aromatic rings. The van der Waals surface area contributed by atoms with Crippen molar-refractivity contribution in [2.75, 3.05) is 33.2 Å². The van der Waals surface area contributed by atoms with Crippen molar-refractivity contribution in [3.63, 3.8) is 0 Å². The quantitative estimate of drug-likeness (QED) is 0.866. The Morgan fingerprint density at radius 3 is 2.07 bits per heavy atom. The van der Waals surface area contributed by atoms with E-state index in [4.69, 9.17) is 0 Å². The minimum Gasteiger partial charge on any atom is -0.349 e. The van der Waals surface area contributed by atoms with Crippen molar-refractivity contribution in [1.29, 1.82) is 0 Å². The van der Waals surface area contributed by atoms with E-state index in [1.54, 1.807) is 0 Å². The summed E-state index contributed by atoms with van der Waals surface area (Å²) in [5, 5.41) is 3.11. The second-order valence-corrected chi connectivity index (χ2v) is 8.57. The van der Waals surface area contributed by atoms with Gasteiger partial charge in [0, 0.05) is 19.0 Å². The first-order chi connectivity index (χ1) is 12.8. The SMILES string of the molecule is CC(C)c1ccc([C@H](C)NC(=O)C2CN(C(=O)C3CCN(C)CC3)C2)cc1. The van der Waals surface area contributed by atoms with E-state index in [1.807, 2.05) is 11.8 Å². The molecule has 0 spiro atoms. The fraction of sp³-hybridized carbons (Fsp3) is 0.636. The van der Waals surface area contributed by atoms with Crippen LogP contribution in [0.15, 0.2) is 24.3 Å². The maximum Gasteiger partial charge on any atom is 0.227 e. The van der Waals surface area contributed by atoms with Gasteiger partial charge in [-0.1, -0.05) is 38.1 Å². The van der Waals surface area contributed by atoms with Crippen LogP contribution in [0.1, 0.15) is 56.7 Å². The first-order valence-corrected chi connectivity index (χ1v) is 10.2. The van der Waals surface area contributed by atoms with E-state index in [1.165, 1.54) is 5.56 Å². The van der Waals surface area contributed by atoms with E-state index >= 15 is 0 Å². The Balaban J connectivity index is 1.45. The second kappa shape index (κ2) is 8.42. The molecule has 3 rings (SSSR count). The highest BCUT2D eigenvalue weighted by molar-refractivity contribution is 5.85. The maximum atomic E-state index is 12.6. The van der Waals surface area contributed by atoms with Crippen LogP contribution in [0.4, 0.5) is 0 Å². The molecule has 0 unspecified atom stereocenters. The van der Waals surface area contributed by atoms with Gasteiger partial charge in [-0.2, -0.15) is 0 Å². The standard InChI is InChI=1S/C22H33N3O2/c1-15(2)17-5-7-18(8-6-17)16(3)23-21(26)20-13-25(14-20)22(27)19-9-11-24(4)12-10-19/h5-8,15-16,19-20H,9-14H2,1-4H3,(H,23,26)/t16-/m0/s1. The summed E-state index contributed by atoms with van der Waals surface area (Å²) in [6, 6.07) is 8.44. The summed E-state index contributed by atoms with van der Waals surface area (Å²) in [6.07, 6.45) is 1.87. The van der Waals surface area contributed by atoms with Gasteiger partial charge in [0.1, 0.15) is 0 Å². The number of benzene rings is 1. The maximum absolute atomic E-state index is 12.6. The average Bonchev–Trinajstić information content (AvgIpc) is 2.61. The van der Waals surface area contributed by atoms with Crippen LogP contribution in [0.25, 0.3) is 0 Å². The third kappa shape index (κ3) is 4.70. The Kier molecular flexibility index (Phi) is 6.20. The van der Waals surface area contributed by atoms with Gasteiger partial charge in [0.25, 0.3) is 0 Å². The van der Waals surface area contributed by atoms with Gasteiger partial charge in [0.05, 0.1) is 12.0 Å². The number of carbonyl (C=O) groups excluding carboxylic acids is 2. The number of likely N-dealkylation sites (tertiary alicyclic amines) is 2. The molecule has 5 nitrogen and oxygen atoms in total. The average molecular weight is 372 g/mol. The minimum atomic E-state index is -0.0717. The van der Waals surface area contributed by atoms with Crippen molar-refractivity contribution in [3.05, 3.63) is 35.4 Å². The van der Waals surface area contributed by atoms with E-state index in [-0.39, 0.29) is 29.7 Å². The number of hydrogen-bond acceptors (Lipinski definition) is 3. The molecule has 0 bridgehead atoms. The molecule has 27 heavy (non-hydrogen) atoms. The molecule has 5 heteroatoms. The summed E-state index contributed by atoms with van der Waals surface area (Å²) in [4.78, 5) is 29.2. The molecule has 2 saturated heterocycles. The number of rotatable bonds is 5. The van der Waals surface area contributed by atoms with Crippen molar-refractivity contribution < 1.29 is 9.59 Å². The lowest BCUT2D eigenvalue weighted by Crippen LogP contribution is -2.57. The lowest BCUT2D eigenvalue weighted by Gasteiger charge is -2.41. The van der Waals surface area contributed by atoms with Gasteiger partial charge in [0.15, 0.2) is 0 Å². The predicted molar refractivity (Wildman–Crippen MR) is 107 cm³/mol. The first-order valence-electron chi connectivity index (χ1n) is 10.2. The molecule has 2 aliphatic heterocycles. The summed E-state index contributed by atoms with van der Waals surface area (Å²) in [5.41, 5.74) is 2.42. The van der Waals surface area contributed by atoms with Crippen molar-refractivity contribution in [1.82, 2.24) is 15.1 Å². The van der Waals surface area contributed by atoms with Gasteiger partial charge >= 0.3 is 0 Å². The fourth-order valence-electron chi connectivity index (χ4n) is 3.92. The molecule has 2 amide bonds. The Morgan fingerprint density at radius 2 is 1.52 bits per heavy atom. The van der Waals surface area contributed by atoms with Crippen LogP contribution >= 0.6 is 0 Å². The van der Waals surface area contributed by atoms with Gasteiger partial charge in [-0.15, -0.1) is 0 Å². The van der Waals surface area contributed by atoms with Crippen molar-refractivity contribution in [2.45, 2.75) is 45.6 Å². The van der Waals surface area contributed by atoms with Gasteiger partial charge in [-0.05, 0) is 56.9 Å². The van der Waals surface area contributed by atoms with Gasteiger partial charge in [0.2, 0.25) is 11.8 Å². The lowest BCUT2D eigenvalue weighted by atomic mass is 9.91. The van der Waals surface area contributed by atoms with E-state index in [0.717, 1.165) is 31.5 Å². The fourth-order valence-corrected chi connectivity index (χ4v) is 3.92. The number of amides is 2. The summed E-state index contributed by atoms with van der Waals surface area (Å²) in [5.74, 6) is 0.876. The van der Waals surface area contributed by atoms with Crippen LogP contribution in [0.5, 0.6) is 0 Å². The molecule has 2 heterocycles. The largest absolute Gasteiger partial charge is 0.349 e. The molecular formula is C22H33N3O2. The molecule has 1 aromatic carbocycles. The van der Waals surface area contributed by atoms with Gasteiger partial charge < -0.3 is 15.1 Å². The highest BCUT2D eigenvalue weighted by Gasteiger charge is 2.39. The third-order valence-electron chi connectivity index (χ3n) is 6.09. The molecule has 0 aromatic heterocycles. The molecular weight excluding hydrogens is 338 g/mol. The smallest absolute Gasteiger partial charge is 0.227 e. The van der Waals surface area contributed by atoms with Crippen LogP contribution in [-0.2, 0) is 9.59 Å². The van der Waals surface area contributed by atoms with Crippen LogP contribution in [-0.4, -0.2) is 54.8 Å². The molecule has 1 N–H and O–H groups in total. The second-order valence-electron chi connectivity index (χ2n) is 8.57. The molecule has 0 radical (unpaired) electrons. The van der Waals surface area contributed by atoms with E-state index in [9.17, 15) is 9.59 Å². The van der Waals surface area contributed by atoms with Crippen LogP contribution in [0.2, 0.25) is 0 Å². The molecule has 2 fully saturated rings. The number of carbonyl (C=O) groups is 2. The molecule has 0 saturated carbocycles. The zero-order chi connectivity index (χ0) is 19.6. The monoisotopic (exact) mass is 371 g/mol. The Bertz CT molecular complexity index is 657. The van der Waals surface area contributed by atoms with Crippen LogP contribution in [0.3, 0.4) is 0 Å². The van der Waals surface area contributed by atoms with E-state index < -0.39 is 0 Å². The highest BCUT2D eigenvalue weighted by atomic mass is 16.2. The summed E-state index contributed by atoms with van der Waals surface area (Å²) < 4.78 is 0. The van der Waals surface area contributed by atoms with Crippen LogP contribution in [0, 0.1) is 11.8 Å². The number of hydrogen-bond donors (Lipinski definition) is 1.